The lowest BCUT2D eigenvalue weighted by molar-refractivity contribution is -0.113. The van der Waals surface area contributed by atoms with Gasteiger partial charge in [0.25, 0.3) is 15.9 Å². The number of nitrogens with one attached hydrogen (secondary N) is 1. The molecule has 0 radical (unpaired) electrons. The van der Waals surface area contributed by atoms with Crippen LogP contribution < -0.4 is 5.32 Å². The van der Waals surface area contributed by atoms with Gasteiger partial charge in [-0.15, -0.1) is 0 Å². The fraction of sp³-hybridized carbons (Fsp3) is 0.0435. The lowest BCUT2D eigenvalue weighted by atomic mass is 10.1. The summed E-state index contributed by atoms with van der Waals surface area (Å²) in [5.41, 5.74) is 0.202. The van der Waals surface area contributed by atoms with Gasteiger partial charge in [-0.2, -0.15) is 0 Å². The van der Waals surface area contributed by atoms with Crippen molar-refractivity contribution in [1.29, 1.82) is 0 Å². The summed E-state index contributed by atoms with van der Waals surface area (Å²) in [4.78, 5) is 25.7. The van der Waals surface area contributed by atoms with E-state index in [9.17, 15) is 23.1 Å². The summed E-state index contributed by atoms with van der Waals surface area (Å²) in [6.07, 6.45) is 0. The minimum Gasteiger partial charge on any atom is -0.505 e. The summed E-state index contributed by atoms with van der Waals surface area (Å²) in [5.74, 6) is -1.87. The predicted octanol–water partition coefficient (Wildman–Crippen LogP) is 3.44. The van der Waals surface area contributed by atoms with Gasteiger partial charge < -0.3 is 10.4 Å². The van der Waals surface area contributed by atoms with Crippen LogP contribution in [0.4, 0.5) is 5.69 Å². The van der Waals surface area contributed by atoms with Crippen molar-refractivity contribution in [3.8, 4) is 0 Å². The Labute approximate surface area is 179 Å². The number of ketones is 1. The first-order chi connectivity index (χ1) is 14.9. The van der Waals surface area contributed by atoms with Crippen molar-refractivity contribution in [1.82, 2.24) is 4.31 Å². The lowest BCUT2D eigenvalue weighted by Gasteiger charge is -2.31. The Morgan fingerprint density at radius 1 is 0.839 bits per heavy atom. The molecule has 0 fully saturated rings. The molecular weight excluding hydrogens is 416 g/mol. The van der Waals surface area contributed by atoms with Crippen LogP contribution in [0.15, 0.2) is 95.5 Å². The molecule has 0 saturated heterocycles. The van der Waals surface area contributed by atoms with E-state index in [1.165, 1.54) is 18.2 Å². The molecule has 156 valence electrons. The van der Waals surface area contributed by atoms with Gasteiger partial charge in [-0.1, -0.05) is 60.7 Å². The molecular formula is C23H18N2O5S. The van der Waals surface area contributed by atoms with Gasteiger partial charge in [0.1, 0.15) is 0 Å². The number of aliphatic hydroxyl groups is 1. The third kappa shape index (κ3) is 3.80. The maximum absolute atomic E-state index is 13.3. The maximum Gasteiger partial charge on any atom is 0.276 e. The molecule has 7 nitrogen and oxygen atoms in total. The number of hydrogen-bond acceptors (Lipinski definition) is 5. The molecule has 0 saturated carbocycles. The smallest absolute Gasteiger partial charge is 0.276 e. The molecule has 0 aliphatic carbocycles. The molecule has 0 spiro atoms. The van der Waals surface area contributed by atoms with Gasteiger partial charge in [0.05, 0.1) is 11.4 Å². The molecule has 2 N–H and O–H groups in total. The summed E-state index contributed by atoms with van der Waals surface area (Å²) in [5, 5.41) is 13.4. The monoisotopic (exact) mass is 434 g/mol. The molecule has 31 heavy (non-hydrogen) atoms. The number of fused-ring (bicyclic) bond motifs is 1. The molecule has 0 atom stereocenters. The van der Waals surface area contributed by atoms with Crippen molar-refractivity contribution in [3.63, 3.8) is 0 Å². The second-order valence-electron chi connectivity index (χ2n) is 6.81. The number of hydrogen-bond donors (Lipinski definition) is 2. The summed E-state index contributed by atoms with van der Waals surface area (Å²) < 4.78 is 27.3. The number of benzene rings is 3. The third-order valence-corrected chi connectivity index (χ3v) is 6.62. The van der Waals surface area contributed by atoms with Gasteiger partial charge in [-0.25, -0.2) is 12.7 Å². The van der Waals surface area contributed by atoms with E-state index < -0.39 is 39.7 Å². The van der Waals surface area contributed by atoms with E-state index in [1.807, 2.05) is 0 Å². The molecule has 0 bridgehead atoms. The van der Waals surface area contributed by atoms with Gasteiger partial charge in [-0.3, -0.25) is 9.59 Å². The molecule has 3 aromatic rings. The molecule has 1 heterocycles. The number of aliphatic hydroxyl groups excluding tert-OH is 1. The first kappa shape index (κ1) is 20.4. The Hall–Kier alpha value is -3.91. The van der Waals surface area contributed by atoms with Crippen LogP contribution >= 0.6 is 0 Å². The second-order valence-corrected chi connectivity index (χ2v) is 8.65. The molecule has 1 aliphatic rings. The van der Waals surface area contributed by atoms with Crippen LogP contribution in [0.5, 0.6) is 0 Å². The number of rotatable bonds is 5. The van der Waals surface area contributed by atoms with Gasteiger partial charge in [0.2, 0.25) is 0 Å². The molecule has 0 unspecified atom stereocenters. The average molecular weight is 434 g/mol. The standard InChI is InChI=1S/C23H18N2O5S/c26-19(16-9-3-1-4-10-16)15-25-21(23(28)24-17-11-5-2-6-12-17)22(27)18-13-7-8-14-20(18)31(25,29)30/h1-14,27H,15H2,(H,24,28). The normalized spacial score (nSPS) is 14.6. The highest BCUT2D eigenvalue weighted by molar-refractivity contribution is 7.89. The van der Waals surface area contributed by atoms with Crippen LogP contribution in [0, 0.1) is 0 Å². The maximum atomic E-state index is 13.3. The average Bonchev–Trinajstić information content (AvgIpc) is 2.79. The number of sulfonamides is 1. The van der Waals surface area contributed by atoms with E-state index >= 15 is 0 Å². The first-order valence-corrected chi connectivity index (χ1v) is 10.8. The minimum atomic E-state index is -4.27. The van der Waals surface area contributed by atoms with Crippen LogP contribution in [0.1, 0.15) is 15.9 Å². The number of carbonyl (C=O) groups excluding carboxylic acids is 2. The zero-order chi connectivity index (χ0) is 22.0. The van der Waals surface area contributed by atoms with Crippen molar-refractivity contribution < 1.29 is 23.1 Å². The van der Waals surface area contributed by atoms with Crippen LogP contribution in [-0.2, 0) is 14.8 Å². The van der Waals surface area contributed by atoms with E-state index in [1.54, 1.807) is 66.7 Å². The van der Waals surface area contributed by atoms with Crippen LogP contribution in [0.25, 0.3) is 5.76 Å². The number of anilines is 1. The molecule has 8 heteroatoms. The van der Waals surface area contributed by atoms with Crippen molar-refractivity contribution in [2.45, 2.75) is 4.90 Å². The number of para-hydroxylation sites is 1. The third-order valence-electron chi connectivity index (χ3n) is 4.81. The van der Waals surface area contributed by atoms with Crippen molar-refractivity contribution in [2.24, 2.45) is 0 Å². The number of Topliss-reactive ketones (excluding diaryl/α,β-unsaturated/α-hetero) is 1. The van der Waals surface area contributed by atoms with E-state index in [4.69, 9.17) is 0 Å². The highest BCUT2D eigenvalue weighted by atomic mass is 32.2. The summed E-state index contributed by atoms with van der Waals surface area (Å²) >= 11 is 0. The van der Waals surface area contributed by atoms with E-state index in [2.05, 4.69) is 5.32 Å². The van der Waals surface area contributed by atoms with Gasteiger partial charge >= 0.3 is 0 Å². The van der Waals surface area contributed by atoms with E-state index in [-0.39, 0.29) is 10.5 Å². The lowest BCUT2D eigenvalue weighted by Crippen LogP contribution is -2.42. The van der Waals surface area contributed by atoms with Crippen molar-refractivity contribution in [2.75, 3.05) is 11.9 Å². The van der Waals surface area contributed by atoms with Crippen molar-refractivity contribution >= 4 is 33.2 Å². The highest BCUT2D eigenvalue weighted by Crippen LogP contribution is 2.36. The van der Waals surface area contributed by atoms with Crippen LogP contribution in [-0.4, -0.2) is 36.1 Å². The fourth-order valence-electron chi connectivity index (χ4n) is 3.31. The predicted molar refractivity (Wildman–Crippen MR) is 116 cm³/mol. The zero-order valence-electron chi connectivity index (χ0n) is 16.2. The fourth-order valence-corrected chi connectivity index (χ4v) is 4.94. The number of nitrogens with zero attached hydrogens (tertiary/aromatic N) is 1. The minimum absolute atomic E-state index is 0.00382. The Bertz CT molecular complexity index is 1290. The molecule has 4 rings (SSSR count). The van der Waals surface area contributed by atoms with E-state index in [0.29, 0.717) is 15.6 Å². The summed E-state index contributed by atoms with van der Waals surface area (Å²) in [6.45, 7) is -0.637. The second kappa shape index (κ2) is 8.08. The first-order valence-electron chi connectivity index (χ1n) is 9.39. The molecule has 0 aromatic heterocycles. The van der Waals surface area contributed by atoms with E-state index in [0.717, 1.165) is 0 Å². The SMILES string of the molecule is O=C(Nc1ccccc1)C1=C(O)c2ccccc2S(=O)(=O)N1CC(=O)c1ccccc1. The zero-order valence-corrected chi connectivity index (χ0v) is 17.0. The van der Waals surface area contributed by atoms with Crippen LogP contribution in [0.3, 0.4) is 0 Å². The Morgan fingerprint density at radius 2 is 1.42 bits per heavy atom. The van der Waals surface area contributed by atoms with Gasteiger partial charge in [0, 0.05) is 16.8 Å². The largest absolute Gasteiger partial charge is 0.505 e. The Balaban J connectivity index is 1.80. The Kier molecular flexibility index (Phi) is 5.31. The number of carbonyl (C=O) groups is 2. The quantitative estimate of drug-likeness (QED) is 0.599. The molecule has 1 aliphatic heterocycles. The van der Waals surface area contributed by atoms with Crippen LogP contribution in [0.2, 0.25) is 0 Å². The highest BCUT2D eigenvalue weighted by Gasteiger charge is 2.41. The molecule has 3 aromatic carbocycles. The number of amides is 1. The van der Waals surface area contributed by atoms with Gasteiger partial charge in [-0.05, 0) is 24.3 Å². The van der Waals surface area contributed by atoms with Gasteiger partial charge in [0.15, 0.2) is 17.2 Å². The Morgan fingerprint density at radius 3 is 2.10 bits per heavy atom. The summed E-state index contributed by atoms with van der Waals surface area (Å²) in [6, 6.07) is 22.4. The summed E-state index contributed by atoms with van der Waals surface area (Å²) in [7, 11) is -4.27. The van der Waals surface area contributed by atoms with Crippen molar-refractivity contribution in [3.05, 3.63) is 102 Å². The molecule has 1 amide bonds. The topological polar surface area (TPSA) is 104 Å².